The Morgan fingerprint density at radius 1 is 1.03 bits per heavy atom. The van der Waals surface area contributed by atoms with Crippen LogP contribution in [0.2, 0.25) is 0 Å². The van der Waals surface area contributed by atoms with Crippen LogP contribution in [0.25, 0.3) is 0 Å². The quantitative estimate of drug-likeness (QED) is 0.367. The van der Waals surface area contributed by atoms with Gasteiger partial charge in [-0.05, 0) is 37.1 Å². The number of amidine groups is 1. The molecule has 160 valence electrons. The van der Waals surface area contributed by atoms with Crippen LogP contribution >= 0.6 is 0 Å². The van der Waals surface area contributed by atoms with Gasteiger partial charge >= 0.3 is 0 Å². The van der Waals surface area contributed by atoms with Gasteiger partial charge in [0.1, 0.15) is 18.2 Å². The van der Waals surface area contributed by atoms with Gasteiger partial charge in [0.2, 0.25) is 5.91 Å². The summed E-state index contributed by atoms with van der Waals surface area (Å²) in [5, 5.41) is 0. The molecule has 0 unspecified atom stereocenters. The van der Waals surface area contributed by atoms with Crippen molar-refractivity contribution in [2.45, 2.75) is 22.5 Å². The van der Waals surface area contributed by atoms with Crippen LogP contribution in [0.15, 0.2) is 64.5 Å². The number of hydrogen-bond acceptors (Lipinski definition) is 6. The Balaban J connectivity index is 1.64. The predicted octanol–water partition coefficient (Wildman–Crippen LogP) is 1.28. The van der Waals surface area contributed by atoms with E-state index in [2.05, 4.69) is 4.99 Å². The lowest BCUT2D eigenvalue weighted by molar-refractivity contribution is -0.122. The summed E-state index contributed by atoms with van der Waals surface area (Å²) in [6, 6.07) is 15.3. The molecule has 1 fully saturated rings. The zero-order valence-corrected chi connectivity index (χ0v) is 17.3. The van der Waals surface area contributed by atoms with Crippen LogP contribution in [0, 0.1) is 0 Å². The third kappa shape index (κ3) is 4.47. The molecule has 1 amide bonds. The molecule has 0 aliphatic carbocycles. The average molecular weight is 432 g/mol. The molecule has 1 aliphatic rings. The molecule has 1 heterocycles. The minimum atomic E-state index is -3.96. The van der Waals surface area contributed by atoms with Gasteiger partial charge in [-0.3, -0.25) is 9.79 Å². The maximum Gasteiger partial charge on any atom is 0.239 e. The molecular weight excluding hydrogens is 406 g/mol. The van der Waals surface area contributed by atoms with Gasteiger partial charge in [-0.2, -0.15) is 0 Å². The highest BCUT2D eigenvalue weighted by Crippen LogP contribution is 2.35. The van der Waals surface area contributed by atoms with Crippen molar-refractivity contribution in [1.82, 2.24) is 0 Å². The molecule has 9 heteroatoms. The van der Waals surface area contributed by atoms with Crippen molar-refractivity contribution in [1.29, 1.82) is 0 Å². The van der Waals surface area contributed by atoms with Crippen molar-refractivity contribution >= 4 is 21.6 Å². The highest BCUT2D eigenvalue weighted by Gasteiger charge is 2.51. The molecule has 0 aromatic heterocycles. The molecule has 2 aromatic carbocycles. The highest BCUT2D eigenvalue weighted by atomic mass is 32.2. The number of sulfone groups is 1. The number of benzene rings is 2. The fourth-order valence-electron chi connectivity index (χ4n) is 3.32. The Kier molecular flexibility index (Phi) is 6.73. The minimum Gasteiger partial charge on any atom is -0.492 e. The third-order valence-corrected chi connectivity index (χ3v) is 7.64. The van der Waals surface area contributed by atoms with Crippen molar-refractivity contribution in [3.05, 3.63) is 60.2 Å². The number of ether oxygens (including phenoxy) is 2. The van der Waals surface area contributed by atoms with Crippen LogP contribution in [-0.2, 0) is 19.4 Å². The maximum absolute atomic E-state index is 13.1. The molecule has 0 atom stereocenters. The second kappa shape index (κ2) is 9.27. The number of primary amides is 1. The van der Waals surface area contributed by atoms with Crippen molar-refractivity contribution in [2.24, 2.45) is 16.5 Å². The number of carbonyl (C=O) groups is 1. The highest BCUT2D eigenvalue weighted by molar-refractivity contribution is 7.93. The van der Waals surface area contributed by atoms with Crippen LogP contribution in [-0.4, -0.2) is 51.3 Å². The van der Waals surface area contributed by atoms with Crippen molar-refractivity contribution in [3.8, 4) is 5.75 Å². The summed E-state index contributed by atoms with van der Waals surface area (Å²) < 4.78 is 35.4. The molecule has 4 N–H and O–H groups in total. The van der Waals surface area contributed by atoms with Gasteiger partial charge in [0.05, 0.1) is 11.4 Å². The Hall–Kier alpha value is -2.91. The molecule has 1 saturated heterocycles. The van der Waals surface area contributed by atoms with Gasteiger partial charge in [0.15, 0.2) is 14.6 Å². The molecule has 1 aliphatic heterocycles. The Morgan fingerprint density at radius 2 is 1.67 bits per heavy atom. The summed E-state index contributed by atoms with van der Waals surface area (Å²) in [5.74, 6) is 0.0661. The normalized spacial score (nSPS) is 16.7. The van der Waals surface area contributed by atoms with Crippen molar-refractivity contribution in [3.63, 3.8) is 0 Å². The van der Waals surface area contributed by atoms with Gasteiger partial charge in [-0.25, -0.2) is 8.42 Å². The molecule has 2 aromatic rings. The molecule has 0 spiro atoms. The first-order chi connectivity index (χ1) is 14.4. The number of nitrogens with two attached hydrogens (primary N) is 2. The lowest BCUT2D eigenvalue weighted by Gasteiger charge is -2.33. The molecule has 0 saturated carbocycles. The number of amides is 1. The Morgan fingerprint density at radius 3 is 2.27 bits per heavy atom. The lowest BCUT2D eigenvalue weighted by Crippen LogP contribution is -2.53. The number of aliphatic imine (C=N–C) groups is 1. The Labute approximate surface area is 175 Å². The number of carbonyl (C=O) groups excluding carboxylic acids is 1. The number of hydrogen-bond donors (Lipinski definition) is 2. The van der Waals surface area contributed by atoms with E-state index < -0.39 is 20.5 Å². The van der Waals surface area contributed by atoms with E-state index in [1.165, 1.54) is 12.1 Å². The zero-order valence-electron chi connectivity index (χ0n) is 16.5. The Bertz CT molecular complexity index is 999. The van der Waals surface area contributed by atoms with E-state index in [1.54, 1.807) is 12.1 Å². The maximum atomic E-state index is 13.1. The van der Waals surface area contributed by atoms with E-state index >= 15 is 0 Å². The molecule has 3 rings (SSSR count). The van der Waals surface area contributed by atoms with Gasteiger partial charge < -0.3 is 20.9 Å². The second-order valence-corrected chi connectivity index (χ2v) is 9.19. The summed E-state index contributed by atoms with van der Waals surface area (Å²) in [4.78, 5) is 16.3. The lowest BCUT2D eigenvalue weighted by atomic mass is 9.98. The first-order valence-corrected chi connectivity index (χ1v) is 11.1. The minimum absolute atomic E-state index is 0.0295. The summed E-state index contributed by atoms with van der Waals surface area (Å²) in [6.45, 7) is 0.986. The average Bonchev–Trinajstić information content (AvgIpc) is 2.77. The molecule has 8 nitrogen and oxygen atoms in total. The zero-order chi connectivity index (χ0) is 21.6. The predicted molar refractivity (Wildman–Crippen MR) is 113 cm³/mol. The first kappa shape index (κ1) is 21.8. The molecule has 0 radical (unpaired) electrons. The van der Waals surface area contributed by atoms with E-state index in [0.29, 0.717) is 18.1 Å². The van der Waals surface area contributed by atoms with Crippen LogP contribution < -0.4 is 16.2 Å². The van der Waals surface area contributed by atoms with Crippen molar-refractivity contribution in [2.75, 3.05) is 26.4 Å². The van der Waals surface area contributed by atoms with Crippen LogP contribution in [0.4, 0.5) is 0 Å². The van der Waals surface area contributed by atoms with E-state index in [1.807, 2.05) is 30.3 Å². The van der Waals surface area contributed by atoms with Crippen LogP contribution in [0.5, 0.6) is 5.75 Å². The number of nitrogens with zero attached hydrogens (tertiary/aromatic N) is 1. The summed E-state index contributed by atoms with van der Waals surface area (Å²) in [5.41, 5.74) is 12.2. The van der Waals surface area contributed by atoms with Gasteiger partial charge in [0.25, 0.3) is 0 Å². The van der Waals surface area contributed by atoms with Crippen LogP contribution in [0.1, 0.15) is 18.4 Å². The number of rotatable bonds is 8. The van der Waals surface area contributed by atoms with E-state index in [9.17, 15) is 13.2 Å². The summed E-state index contributed by atoms with van der Waals surface area (Å²) >= 11 is 0. The second-order valence-electron chi connectivity index (χ2n) is 6.93. The largest absolute Gasteiger partial charge is 0.492 e. The van der Waals surface area contributed by atoms with Gasteiger partial charge in [0, 0.05) is 18.8 Å². The monoisotopic (exact) mass is 431 g/mol. The smallest absolute Gasteiger partial charge is 0.239 e. The van der Waals surface area contributed by atoms with E-state index in [4.69, 9.17) is 20.9 Å². The van der Waals surface area contributed by atoms with Gasteiger partial charge in [-0.1, -0.05) is 30.3 Å². The first-order valence-electron chi connectivity index (χ1n) is 9.57. The third-order valence-electron chi connectivity index (χ3n) is 5.11. The van der Waals surface area contributed by atoms with Crippen molar-refractivity contribution < 1.29 is 22.7 Å². The van der Waals surface area contributed by atoms with E-state index in [-0.39, 0.29) is 37.6 Å². The summed E-state index contributed by atoms with van der Waals surface area (Å²) in [6.07, 6.45) is 0.0908. The fraction of sp³-hybridized carbons (Fsp3) is 0.333. The van der Waals surface area contributed by atoms with Gasteiger partial charge in [-0.15, -0.1) is 0 Å². The molecule has 30 heavy (non-hydrogen) atoms. The molecule has 0 bridgehead atoms. The fourth-order valence-corrected chi connectivity index (χ4v) is 5.23. The summed E-state index contributed by atoms with van der Waals surface area (Å²) in [7, 11) is -3.96. The SMILES string of the molecule is NC(=O)C1(S(=O)(=O)c2ccc(OCCN=C(N)c3ccccc3)cc2)CCOCC1. The van der Waals surface area contributed by atoms with Crippen LogP contribution in [0.3, 0.4) is 0 Å². The van der Waals surface area contributed by atoms with E-state index in [0.717, 1.165) is 5.56 Å². The standard InChI is InChI=1S/C21H25N3O5S/c22-19(16-4-2-1-3-5-16)24-12-15-29-17-6-8-18(9-7-17)30(26,27)21(20(23)25)10-13-28-14-11-21/h1-9H,10-15H2,(H2,22,24)(H2,23,25). The topological polar surface area (TPSA) is 134 Å². The molecular formula is C21H25N3O5S.